The molecule has 6 nitrogen and oxygen atoms in total. The minimum atomic E-state index is -0.0429. The number of hydrogen-bond donors (Lipinski definition) is 1. The van der Waals surface area contributed by atoms with Gasteiger partial charge in [-0.05, 0) is 36.4 Å². The molecule has 1 aromatic heterocycles. The smallest absolute Gasteiger partial charge is 0.224 e. The lowest BCUT2D eigenvalue weighted by molar-refractivity contribution is -0.115. The highest BCUT2D eigenvalue weighted by molar-refractivity contribution is 6.32. The molecule has 2 aromatic carbocycles. The number of ether oxygens (including phenoxy) is 1. The summed E-state index contributed by atoms with van der Waals surface area (Å²) in [4.78, 5) is 13.0. The Morgan fingerprint density at radius 3 is 2.70 bits per heavy atom. The Morgan fingerprint density at radius 2 is 2.00 bits per heavy atom. The van der Waals surface area contributed by atoms with Crippen LogP contribution in [-0.4, -0.2) is 28.0 Å². The largest absolute Gasteiger partial charge is 0.495 e. The average Bonchev–Trinajstić information content (AvgIpc) is 2.97. The molecular weight excluding hydrogens is 316 g/mol. The number of rotatable bonds is 4. The fraction of sp³-hybridized carbons (Fsp3) is 0.188. The van der Waals surface area contributed by atoms with Crippen molar-refractivity contribution in [3.05, 3.63) is 41.4 Å². The minimum Gasteiger partial charge on any atom is -0.495 e. The molecule has 3 rings (SSSR count). The number of fused-ring (bicyclic) bond motifs is 1. The van der Waals surface area contributed by atoms with E-state index >= 15 is 0 Å². The number of hydrogen-bond acceptors (Lipinski definition) is 4. The van der Waals surface area contributed by atoms with E-state index in [0.717, 1.165) is 11.2 Å². The van der Waals surface area contributed by atoms with Crippen molar-refractivity contribution in [1.82, 2.24) is 15.0 Å². The second-order valence-electron chi connectivity index (χ2n) is 4.91. The Hall–Kier alpha value is -2.60. The molecule has 23 heavy (non-hydrogen) atoms. The van der Waals surface area contributed by atoms with Gasteiger partial charge in [0.1, 0.15) is 16.8 Å². The summed E-state index contributed by atoms with van der Waals surface area (Å²) in [5.41, 5.74) is 2.84. The Bertz CT molecular complexity index is 876. The van der Waals surface area contributed by atoms with Crippen molar-refractivity contribution < 1.29 is 9.53 Å². The zero-order valence-corrected chi connectivity index (χ0v) is 13.5. The number of nitrogens with one attached hydrogen (secondary N) is 1. The highest BCUT2D eigenvalue weighted by Crippen LogP contribution is 2.26. The molecule has 7 heteroatoms. The van der Waals surface area contributed by atoms with Crippen LogP contribution in [0.2, 0.25) is 5.02 Å². The molecule has 1 amide bonds. The van der Waals surface area contributed by atoms with Gasteiger partial charge in [0.05, 0.1) is 17.8 Å². The molecule has 0 atom stereocenters. The third-order valence-corrected chi connectivity index (χ3v) is 3.65. The van der Waals surface area contributed by atoms with Crippen molar-refractivity contribution in [2.24, 2.45) is 0 Å². The molecule has 0 spiro atoms. The van der Waals surface area contributed by atoms with E-state index < -0.39 is 0 Å². The summed E-state index contributed by atoms with van der Waals surface area (Å²) in [5.74, 6) is 0.551. The standard InChI is InChI=1S/C16H15ClN4O2/c1-3-16(22)18-10-4-6-13-14(8-10)20-21(19-13)11-5-7-15(23-2)12(17)9-11/h4-9H,3H2,1-2H3,(H,18,22). The van der Waals surface area contributed by atoms with Gasteiger partial charge in [-0.2, -0.15) is 4.80 Å². The van der Waals surface area contributed by atoms with Gasteiger partial charge < -0.3 is 10.1 Å². The van der Waals surface area contributed by atoms with Crippen LogP contribution in [0.25, 0.3) is 16.7 Å². The molecule has 0 saturated heterocycles. The van der Waals surface area contributed by atoms with Crippen LogP contribution in [0.3, 0.4) is 0 Å². The Morgan fingerprint density at radius 1 is 1.22 bits per heavy atom. The number of aromatic nitrogens is 3. The lowest BCUT2D eigenvalue weighted by Gasteiger charge is -2.04. The highest BCUT2D eigenvalue weighted by atomic mass is 35.5. The molecule has 0 fully saturated rings. The van der Waals surface area contributed by atoms with Gasteiger partial charge in [-0.1, -0.05) is 18.5 Å². The fourth-order valence-electron chi connectivity index (χ4n) is 2.14. The normalized spacial score (nSPS) is 10.7. The Labute approximate surface area is 138 Å². The van der Waals surface area contributed by atoms with Gasteiger partial charge in [0, 0.05) is 12.1 Å². The zero-order chi connectivity index (χ0) is 16.4. The predicted molar refractivity (Wildman–Crippen MR) is 89.3 cm³/mol. The molecule has 1 N–H and O–H groups in total. The third kappa shape index (κ3) is 3.12. The van der Waals surface area contributed by atoms with Gasteiger partial charge in [-0.3, -0.25) is 4.79 Å². The molecule has 0 radical (unpaired) electrons. The van der Waals surface area contributed by atoms with Crippen LogP contribution in [-0.2, 0) is 4.79 Å². The van der Waals surface area contributed by atoms with E-state index in [0.29, 0.717) is 28.4 Å². The number of halogens is 1. The van der Waals surface area contributed by atoms with E-state index in [1.165, 1.54) is 4.80 Å². The summed E-state index contributed by atoms with van der Waals surface area (Å²) >= 11 is 6.14. The molecular formula is C16H15ClN4O2. The topological polar surface area (TPSA) is 69.0 Å². The molecule has 0 aliphatic rings. The number of carbonyl (C=O) groups excluding carboxylic acids is 1. The quantitative estimate of drug-likeness (QED) is 0.795. The maximum atomic E-state index is 11.5. The zero-order valence-electron chi connectivity index (χ0n) is 12.7. The minimum absolute atomic E-state index is 0.0429. The second-order valence-corrected chi connectivity index (χ2v) is 5.32. The maximum absolute atomic E-state index is 11.5. The average molecular weight is 331 g/mol. The first-order valence-electron chi connectivity index (χ1n) is 7.11. The number of anilines is 1. The van der Waals surface area contributed by atoms with Crippen molar-refractivity contribution in [1.29, 1.82) is 0 Å². The van der Waals surface area contributed by atoms with E-state index in [2.05, 4.69) is 15.5 Å². The van der Waals surface area contributed by atoms with Crippen molar-refractivity contribution in [3.8, 4) is 11.4 Å². The van der Waals surface area contributed by atoms with Gasteiger partial charge in [0.25, 0.3) is 0 Å². The summed E-state index contributed by atoms with van der Waals surface area (Å²) in [6, 6.07) is 10.7. The number of carbonyl (C=O) groups is 1. The van der Waals surface area contributed by atoms with Crippen LogP contribution < -0.4 is 10.1 Å². The summed E-state index contributed by atoms with van der Waals surface area (Å²) < 4.78 is 5.14. The number of benzene rings is 2. The van der Waals surface area contributed by atoms with Crippen LogP contribution in [0, 0.1) is 0 Å². The summed E-state index contributed by atoms with van der Waals surface area (Å²) in [7, 11) is 1.56. The van der Waals surface area contributed by atoms with Crippen LogP contribution in [0.5, 0.6) is 5.75 Å². The highest BCUT2D eigenvalue weighted by Gasteiger charge is 2.09. The first-order chi connectivity index (χ1) is 11.1. The lowest BCUT2D eigenvalue weighted by Crippen LogP contribution is -2.09. The summed E-state index contributed by atoms with van der Waals surface area (Å²) in [6.45, 7) is 1.80. The maximum Gasteiger partial charge on any atom is 0.224 e. The molecule has 1 heterocycles. The van der Waals surface area contributed by atoms with E-state index in [-0.39, 0.29) is 5.91 Å². The van der Waals surface area contributed by atoms with Crippen molar-refractivity contribution >= 4 is 34.2 Å². The van der Waals surface area contributed by atoms with Crippen molar-refractivity contribution in [2.45, 2.75) is 13.3 Å². The molecule has 0 unspecified atom stereocenters. The van der Waals surface area contributed by atoms with Crippen molar-refractivity contribution in [2.75, 3.05) is 12.4 Å². The first kappa shape index (κ1) is 15.3. The predicted octanol–water partition coefficient (Wildman–Crippen LogP) is 3.43. The fourth-order valence-corrected chi connectivity index (χ4v) is 2.39. The summed E-state index contributed by atoms with van der Waals surface area (Å²) in [5, 5.41) is 12.1. The first-order valence-corrected chi connectivity index (χ1v) is 7.49. The van der Waals surface area contributed by atoms with Gasteiger partial charge in [0.2, 0.25) is 5.91 Å². The SMILES string of the molecule is CCC(=O)Nc1ccc2nn(-c3ccc(OC)c(Cl)c3)nc2c1. The number of amides is 1. The Kier molecular flexibility index (Phi) is 4.16. The van der Waals surface area contributed by atoms with Crippen LogP contribution >= 0.6 is 11.6 Å². The second kappa shape index (κ2) is 6.26. The molecule has 3 aromatic rings. The van der Waals surface area contributed by atoms with Crippen LogP contribution in [0.1, 0.15) is 13.3 Å². The van der Waals surface area contributed by atoms with Gasteiger partial charge in [-0.15, -0.1) is 10.2 Å². The van der Waals surface area contributed by atoms with Crippen LogP contribution in [0.4, 0.5) is 5.69 Å². The van der Waals surface area contributed by atoms with E-state index in [1.807, 2.05) is 12.1 Å². The molecule has 0 aliphatic heterocycles. The Balaban J connectivity index is 1.96. The summed E-state index contributed by atoms with van der Waals surface area (Å²) in [6.07, 6.45) is 0.426. The molecule has 0 saturated carbocycles. The van der Waals surface area contributed by atoms with Crippen molar-refractivity contribution in [3.63, 3.8) is 0 Å². The number of nitrogens with zero attached hydrogens (tertiary/aromatic N) is 3. The van der Waals surface area contributed by atoms with E-state index in [9.17, 15) is 4.79 Å². The molecule has 0 aliphatic carbocycles. The van der Waals surface area contributed by atoms with E-state index in [1.54, 1.807) is 38.3 Å². The van der Waals surface area contributed by atoms with Crippen LogP contribution in [0.15, 0.2) is 36.4 Å². The van der Waals surface area contributed by atoms with Gasteiger partial charge in [-0.25, -0.2) is 0 Å². The molecule has 118 valence electrons. The van der Waals surface area contributed by atoms with Gasteiger partial charge in [0.15, 0.2) is 0 Å². The monoisotopic (exact) mass is 330 g/mol. The molecule has 0 bridgehead atoms. The third-order valence-electron chi connectivity index (χ3n) is 3.35. The number of methoxy groups -OCH3 is 1. The van der Waals surface area contributed by atoms with E-state index in [4.69, 9.17) is 16.3 Å². The lowest BCUT2D eigenvalue weighted by atomic mass is 10.2. The van der Waals surface area contributed by atoms with Gasteiger partial charge >= 0.3 is 0 Å².